The Morgan fingerprint density at radius 3 is 2.22 bits per heavy atom. The molecular weight excluding hydrogens is 406 g/mol. The Morgan fingerprint density at radius 2 is 1.66 bits per heavy atom. The van der Waals surface area contributed by atoms with E-state index in [1.54, 1.807) is 18.7 Å². The van der Waals surface area contributed by atoms with Crippen LogP contribution < -0.4 is 0 Å². The van der Waals surface area contributed by atoms with Crippen LogP contribution in [-0.4, -0.2) is 54.8 Å². The second-order valence-corrected chi connectivity index (χ2v) is 9.81. The van der Waals surface area contributed by atoms with Crippen molar-refractivity contribution in [3.8, 4) is 0 Å². The van der Waals surface area contributed by atoms with Gasteiger partial charge in [-0.15, -0.1) is 0 Å². The largest absolute Gasteiger partial charge is 0.453 e. The summed E-state index contributed by atoms with van der Waals surface area (Å²) in [7, 11) is 1.85. The maximum atomic E-state index is 12.5. The molecule has 0 aromatic heterocycles. The fourth-order valence-electron chi connectivity index (χ4n) is 5.17. The van der Waals surface area contributed by atoms with Crippen molar-refractivity contribution < 1.29 is 23.8 Å². The van der Waals surface area contributed by atoms with E-state index in [1.807, 2.05) is 27.0 Å². The number of hydrogen-bond donors (Lipinski definition) is 0. The van der Waals surface area contributed by atoms with Crippen molar-refractivity contribution in [1.29, 1.82) is 0 Å². The topological polar surface area (TPSA) is 65.1 Å². The second-order valence-electron chi connectivity index (χ2n) is 9.81. The number of carbonyl (C=O) groups is 2. The summed E-state index contributed by atoms with van der Waals surface area (Å²) in [4.78, 5) is 26.3. The van der Waals surface area contributed by atoms with Gasteiger partial charge in [0, 0.05) is 20.2 Å². The highest BCUT2D eigenvalue weighted by molar-refractivity contribution is 5.83. The number of carbonyl (C=O) groups excluding carboxylic acids is 2. The van der Waals surface area contributed by atoms with Crippen LogP contribution in [0.3, 0.4) is 0 Å². The third kappa shape index (κ3) is 5.18. The van der Waals surface area contributed by atoms with Crippen molar-refractivity contribution in [2.75, 3.05) is 26.8 Å². The molecule has 2 bridgehead atoms. The zero-order valence-electron chi connectivity index (χ0n) is 20.4. The van der Waals surface area contributed by atoms with E-state index in [0.29, 0.717) is 19.7 Å². The minimum Gasteiger partial charge on any atom is -0.453 e. The molecule has 0 radical (unpaired) electrons. The highest BCUT2D eigenvalue weighted by Gasteiger charge is 2.49. The average molecular weight is 446 g/mol. The van der Waals surface area contributed by atoms with Gasteiger partial charge < -0.3 is 19.1 Å². The van der Waals surface area contributed by atoms with Crippen LogP contribution in [0.5, 0.6) is 0 Å². The lowest BCUT2D eigenvalue weighted by Crippen LogP contribution is -2.49. The highest BCUT2D eigenvalue weighted by atomic mass is 16.6. The van der Waals surface area contributed by atoms with Crippen molar-refractivity contribution in [2.24, 2.45) is 0 Å². The van der Waals surface area contributed by atoms with E-state index in [-0.39, 0.29) is 23.5 Å². The van der Waals surface area contributed by atoms with E-state index in [0.717, 1.165) is 44.1 Å². The summed E-state index contributed by atoms with van der Waals surface area (Å²) in [5.74, 6) is -0.716. The van der Waals surface area contributed by atoms with Crippen LogP contribution in [0.15, 0.2) is 24.3 Å². The van der Waals surface area contributed by atoms with Crippen molar-refractivity contribution >= 4 is 11.9 Å². The van der Waals surface area contributed by atoms with Crippen LogP contribution in [0, 0.1) is 0 Å². The number of methoxy groups -OCH3 is 1. The summed E-state index contributed by atoms with van der Waals surface area (Å²) in [5, 5.41) is 0. The molecule has 6 heteroatoms. The Kier molecular flexibility index (Phi) is 7.66. The predicted molar refractivity (Wildman–Crippen MR) is 123 cm³/mol. The molecule has 0 atom stereocenters. The fraction of sp³-hybridized carbons (Fsp3) is 0.692. The first-order valence-corrected chi connectivity index (χ1v) is 11.9. The van der Waals surface area contributed by atoms with Gasteiger partial charge in [0.2, 0.25) is 0 Å². The summed E-state index contributed by atoms with van der Waals surface area (Å²) >= 11 is 0. The van der Waals surface area contributed by atoms with Gasteiger partial charge in [0.25, 0.3) is 5.91 Å². The smallest absolute Gasteiger partial charge is 0.338 e. The van der Waals surface area contributed by atoms with Gasteiger partial charge in [0.15, 0.2) is 12.2 Å². The number of benzene rings is 1. The van der Waals surface area contributed by atoms with Crippen molar-refractivity contribution in [2.45, 2.75) is 89.4 Å². The van der Waals surface area contributed by atoms with Crippen LogP contribution in [0.2, 0.25) is 0 Å². The third-order valence-corrected chi connectivity index (χ3v) is 7.68. The number of fused-ring (bicyclic) bond motifs is 3. The first-order valence-electron chi connectivity index (χ1n) is 11.9. The number of ether oxygens (including phenoxy) is 3. The lowest BCUT2D eigenvalue weighted by atomic mass is 9.56. The summed E-state index contributed by atoms with van der Waals surface area (Å²) in [6, 6.07) is 8.59. The molecule has 3 aliphatic rings. The van der Waals surface area contributed by atoms with E-state index >= 15 is 0 Å². The fourth-order valence-corrected chi connectivity index (χ4v) is 5.17. The van der Waals surface area contributed by atoms with Gasteiger partial charge >= 0.3 is 5.97 Å². The zero-order valence-corrected chi connectivity index (χ0v) is 20.4. The molecule has 6 nitrogen and oxygen atoms in total. The summed E-state index contributed by atoms with van der Waals surface area (Å²) in [6.45, 7) is 8.43. The molecule has 0 spiro atoms. The molecule has 1 aromatic carbocycles. The van der Waals surface area contributed by atoms with E-state index in [2.05, 4.69) is 18.2 Å². The van der Waals surface area contributed by atoms with Gasteiger partial charge in [-0.3, -0.25) is 4.79 Å². The average Bonchev–Trinajstić information content (AvgIpc) is 2.83. The molecule has 0 saturated heterocycles. The monoisotopic (exact) mass is 445 g/mol. The minimum atomic E-state index is -1.13. The number of amides is 1. The van der Waals surface area contributed by atoms with E-state index < -0.39 is 11.6 Å². The Hall–Kier alpha value is -1.92. The molecule has 3 fully saturated rings. The standard InChI is InChI=1S/C26H39NO5/c1-6-27(7-2)22(28)19-31-23(29)24(3,4)32-18-20-9-8-10-21(17-20)25-11-14-26(30-5,15-12-25)16-13-25/h8-10,17H,6-7,11-16,18-19H2,1-5H3. The van der Waals surface area contributed by atoms with E-state index in [4.69, 9.17) is 14.2 Å². The number of likely N-dealkylation sites (N-methyl/N-ethyl adjacent to an activating group) is 1. The molecule has 4 rings (SSSR count). The molecule has 3 saturated carbocycles. The quantitative estimate of drug-likeness (QED) is 0.500. The predicted octanol–water partition coefficient (Wildman–Crippen LogP) is 4.38. The molecule has 0 aliphatic heterocycles. The Balaban J connectivity index is 1.58. The molecule has 0 N–H and O–H groups in total. The Bertz CT molecular complexity index is 790. The molecular formula is C26H39NO5. The van der Waals surface area contributed by atoms with Crippen LogP contribution in [0.4, 0.5) is 0 Å². The number of nitrogens with zero attached hydrogens (tertiary/aromatic N) is 1. The molecule has 0 unspecified atom stereocenters. The number of rotatable bonds is 10. The lowest BCUT2D eigenvalue weighted by molar-refractivity contribution is -0.172. The normalized spacial score (nSPS) is 24.9. The molecule has 32 heavy (non-hydrogen) atoms. The maximum absolute atomic E-state index is 12.5. The van der Waals surface area contributed by atoms with Gasteiger partial charge in [-0.05, 0) is 82.8 Å². The first kappa shape index (κ1) is 24.7. The Labute approximate surface area is 192 Å². The van der Waals surface area contributed by atoms with Gasteiger partial charge in [-0.25, -0.2) is 4.79 Å². The van der Waals surface area contributed by atoms with E-state index in [9.17, 15) is 9.59 Å². The molecule has 3 aliphatic carbocycles. The van der Waals surface area contributed by atoms with Gasteiger partial charge in [-0.1, -0.05) is 24.3 Å². The van der Waals surface area contributed by atoms with Gasteiger partial charge in [0.1, 0.15) is 0 Å². The maximum Gasteiger partial charge on any atom is 0.338 e. The number of esters is 1. The van der Waals surface area contributed by atoms with Gasteiger partial charge in [-0.2, -0.15) is 0 Å². The summed E-state index contributed by atoms with van der Waals surface area (Å²) < 4.78 is 17.0. The van der Waals surface area contributed by atoms with Crippen molar-refractivity contribution in [3.05, 3.63) is 35.4 Å². The molecule has 178 valence electrons. The Morgan fingerprint density at radius 1 is 1.03 bits per heavy atom. The van der Waals surface area contributed by atoms with Crippen LogP contribution in [0.1, 0.15) is 77.3 Å². The zero-order chi connectivity index (χ0) is 23.4. The summed E-state index contributed by atoms with van der Waals surface area (Å²) in [6.07, 6.45) is 6.83. The van der Waals surface area contributed by atoms with Crippen LogP contribution >= 0.6 is 0 Å². The highest BCUT2D eigenvalue weighted by Crippen LogP contribution is 2.54. The third-order valence-electron chi connectivity index (χ3n) is 7.68. The minimum absolute atomic E-state index is 0.0968. The summed E-state index contributed by atoms with van der Waals surface area (Å²) in [5.41, 5.74) is 1.61. The number of hydrogen-bond acceptors (Lipinski definition) is 5. The SMILES string of the molecule is CCN(CC)C(=O)COC(=O)C(C)(C)OCc1cccc(C23CCC(OC)(CC2)CC3)c1. The van der Waals surface area contributed by atoms with Crippen LogP contribution in [-0.2, 0) is 35.8 Å². The lowest BCUT2D eigenvalue weighted by Gasteiger charge is -2.53. The molecule has 1 amide bonds. The van der Waals surface area contributed by atoms with E-state index in [1.165, 1.54) is 5.56 Å². The van der Waals surface area contributed by atoms with Crippen molar-refractivity contribution in [3.63, 3.8) is 0 Å². The van der Waals surface area contributed by atoms with Crippen LogP contribution in [0.25, 0.3) is 0 Å². The molecule has 0 heterocycles. The first-order chi connectivity index (χ1) is 15.2. The second kappa shape index (κ2) is 9.92. The van der Waals surface area contributed by atoms with Crippen molar-refractivity contribution in [1.82, 2.24) is 4.90 Å². The molecule has 1 aromatic rings. The van der Waals surface area contributed by atoms with Gasteiger partial charge in [0.05, 0.1) is 12.2 Å².